The Labute approximate surface area is 153 Å². The van der Waals surface area contributed by atoms with Gasteiger partial charge in [-0.15, -0.1) is 0 Å². The summed E-state index contributed by atoms with van der Waals surface area (Å²) in [6, 6.07) is 19.7. The van der Waals surface area contributed by atoms with Crippen LogP contribution in [0.15, 0.2) is 60.7 Å². The average Bonchev–Trinajstić information content (AvgIpc) is 2.65. The first-order valence-corrected chi connectivity index (χ1v) is 8.83. The van der Waals surface area contributed by atoms with Crippen molar-refractivity contribution in [3.05, 3.63) is 71.8 Å². The van der Waals surface area contributed by atoms with Crippen LogP contribution in [0.1, 0.15) is 24.5 Å². The van der Waals surface area contributed by atoms with Gasteiger partial charge in [0.05, 0.1) is 32.3 Å². The number of carbonyl (C=O) groups excluding carboxylic acids is 1. The number of benzene rings is 2. The van der Waals surface area contributed by atoms with E-state index >= 15 is 0 Å². The Morgan fingerprint density at radius 2 is 1.62 bits per heavy atom. The maximum Gasteiger partial charge on any atom is 0.310 e. The second-order valence-electron chi connectivity index (χ2n) is 6.34. The molecule has 1 aliphatic heterocycles. The van der Waals surface area contributed by atoms with E-state index in [9.17, 15) is 4.79 Å². The van der Waals surface area contributed by atoms with E-state index in [1.807, 2.05) is 67.6 Å². The molecule has 0 amide bonds. The molecule has 0 aromatic heterocycles. The molecule has 5 heteroatoms. The van der Waals surface area contributed by atoms with Crippen molar-refractivity contribution >= 4 is 5.97 Å². The van der Waals surface area contributed by atoms with E-state index in [2.05, 4.69) is 0 Å². The number of hydrogen-bond acceptors (Lipinski definition) is 5. The van der Waals surface area contributed by atoms with Crippen LogP contribution < -0.4 is 0 Å². The predicted molar refractivity (Wildman–Crippen MR) is 96.2 cm³/mol. The van der Waals surface area contributed by atoms with E-state index < -0.39 is 12.4 Å². The first kappa shape index (κ1) is 18.6. The molecule has 0 unspecified atom stereocenters. The standard InChI is InChI=1S/C21H24O5/c1-16-12-20(22)26-21(25-16)19(24-14-18-10-6-3-7-11-18)15-23-13-17-8-4-2-5-9-17/h2-11,16,19,21H,12-15H2,1H3/t16-,19-,21-/m0/s1. The minimum atomic E-state index is -0.759. The highest BCUT2D eigenvalue weighted by molar-refractivity contribution is 5.70. The molecule has 138 valence electrons. The van der Waals surface area contributed by atoms with Gasteiger partial charge in [-0.3, -0.25) is 4.79 Å². The molecule has 0 saturated carbocycles. The van der Waals surface area contributed by atoms with Crippen LogP contribution in [-0.4, -0.2) is 31.1 Å². The molecule has 0 spiro atoms. The summed E-state index contributed by atoms with van der Waals surface area (Å²) in [5, 5.41) is 0. The Hall–Kier alpha value is -2.21. The van der Waals surface area contributed by atoms with Gasteiger partial charge in [0.2, 0.25) is 6.29 Å². The van der Waals surface area contributed by atoms with Crippen LogP contribution in [0.4, 0.5) is 0 Å². The molecular weight excluding hydrogens is 332 g/mol. The predicted octanol–water partition coefficient (Wildman–Crippen LogP) is 3.47. The van der Waals surface area contributed by atoms with Gasteiger partial charge in [0.15, 0.2) is 0 Å². The van der Waals surface area contributed by atoms with Crippen LogP contribution >= 0.6 is 0 Å². The summed E-state index contributed by atoms with van der Waals surface area (Å²) in [6.07, 6.45) is -1.19. The Morgan fingerprint density at radius 3 is 2.23 bits per heavy atom. The minimum absolute atomic E-state index is 0.196. The molecule has 0 radical (unpaired) electrons. The molecule has 5 nitrogen and oxygen atoms in total. The van der Waals surface area contributed by atoms with Crippen molar-refractivity contribution in [1.29, 1.82) is 0 Å². The lowest BCUT2D eigenvalue weighted by molar-refractivity contribution is -0.253. The second-order valence-corrected chi connectivity index (χ2v) is 6.34. The quantitative estimate of drug-likeness (QED) is 0.678. The molecule has 2 aromatic carbocycles. The molecule has 0 aliphatic carbocycles. The first-order chi connectivity index (χ1) is 12.7. The van der Waals surface area contributed by atoms with Crippen molar-refractivity contribution in [2.75, 3.05) is 6.61 Å². The van der Waals surface area contributed by atoms with Crippen molar-refractivity contribution in [2.24, 2.45) is 0 Å². The first-order valence-electron chi connectivity index (χ1n) is 8.83. The fraction of sp³-hybridized carbons (Fsp3) is 0.381. The molecular formula is C21H24O5. The molecule has 3 rings (SSSR count). The van der Waals surface area contributed by atoms with Crippen molar-refractivity contribution in [3.63, 3.8) is 0 Å². The van der Waals surface area contributed by atoms with Gasteiger partial charge >= 0.3 is 5.97 Å². The number of rotatable bonds is 8. The van der Waals surface area contributed by atoms with Crippen molar-refractivity contribution in [3.8, 4) is 0 Å². The largest absolute Gasteiger partial charge is 0.433 e. The van der Waals surface area contributed by atoms with Crippen molar-refractivity contribution in [2.45, 2.75) is 45.1 Å². The highest BCUT2D eigenvalue weighted by Gasteiger charge is 2.34. The Balaban J connectivity index is 1.59. The van der Waals surface area contributed by atoms with Crippen molar-refractivity contribution in [1.82, 2.24) is 0 Å². The van der Waals surface area contributed by atoms with Crippen LogP contribution in [0.25, 0.3) is 0 Å². The third-order valence-electron chi connectivity index (χ3n) is 4.07. The van der Waals surface area contributed by atoms with Gasteiger partial charge in [0, 0.05) is 0 Å². The van der Waals surface area contributed by atoms with Gasteiger partial charge in [0.1, 0.15) is 6.10 Å². The van der Waals surface area contributed by atoms with Crippen molar-refractivity contribution < 1.29 is 23.7 Å². The lowest BCUT2D eigenvalue weighted by Gasteiger charge is -2.32. The second kappa shape index (κ2) is 9.48. The van der Waals surface area contributed by atoms with E-state index in [1.54, 1.807) is 0 Å². The highest BCUT2D eigenvalue weighted by atomic mass is 16.7. The normalized spacial score (nSPS) is 21.2. The van der Waals surface area contributed by atoms with Gasteiger partial charge in [-0.25, -0.2) is 0 Å². The maximum atomic E-state index is 11.8. The molecule has 0 N–H and O–H groups in total. The van der Waals surface area contributed by atoms with Crippen LogP contribution in [-0.2, 0) is 37.0 Å². The molecule has 1 heterocycles. The lowest BCUT2D eigenvalue weighted by Crippen LogP contribution is -2.44. The van der Waals surface area contributed by atoms with E-state index in [0.717, 1.165) is 11.1 Å². The summed E-state index contributed by atoms with van der Waals surface area (Å²) >= 11 is 0. The smallest absolute Gasteiger partial charge is 0.310 e. The van der Waals surface area contributed by atoms with E-state index in [0.29, 0.717) is 13.2 Å². The molecule has 0 bridgehead atoms. The van der Waals surface area contributed by atoms with E-state index in [4.69, 9.17) is 18.9 Å². The summed E-state index contributed by atoms with van der Waals surface area (Å²) in [7, 11) is 0. The highest BCUT2D eigenvalue weighted by Crippen LogP contribution is 2.20. The summed E-state index contributed by atoms with van der Waals surface area (Å²) < 4.78 is 22.9. The van der Waals surface area contributed by atoms with Crippen LogP contribution in [0.5, 0.6) is 0 Å². The number of hydrogen-bond donors (Lipinski definition) is 0. The average molecular weight is 356 g/mol. The Morgan fingerprint density at radius 1 is 1.00 bits per heavy atom. The maximum absolute atomic E-state index is 11.8. The molecule has 2 aromatic rings. The van der Waals surface area contributed by atoms with E-state index in [-0.39, 0.29) is 25.1 Å². The third kappa shape index (κ3) is 5.66. The minimum Gasteiger partial charge on any atom is -0.433 e. The zero-order chi connectivity index (χ0) is 18.2. The van der Waals surface area contributed by atoms with Crippen LogP contribution in [0.2, 0.25) is 0 Å². The van der Waals surface area contributed by atoms with Gasteiger partial charge in [0.25, 0.3) is 0 Å². The topological polar surface area (TPSA) is 54.0 Å². The van der Waals surface area contributed by atoms with Gasteiger partial charge in [-0.1, -0.05) is 60.7 Å². The van der Waals surface area contributed by atoms with Crippen LogP contribution in [0, 0.1) is 0 Å². The third-order valence-corrected chi connectivity index (χ3v) is 4.07. The monoisotopic (exact) mass is 356 g/mol. The van der Waals surface area contributed by atoms with Gasteiger partial charge in [-0.2, -0.15) is 0 Å². The molecule has 3 atom stereocenters. The summed E-state index contributed by atoms with van der Waals surface area (Å²) in [5.41, 5.74) is 2.11. The number of cyclic esters (lactones) is 1. The zero-order valence-corrected chi connectivity index (χ0v) is 14.9. The Bertz CT molecular complexity index is 673. The van der Waals surface area contributed by atoms with Gasteiger partial charge in [-0.05, 0) is 18.1 Å². The molecule has 1 saturated heterocycles. The molecule has 1 aliphatic rings. The summed E-state index contributed by atoms with van der Waals surface area (Å²) in [6.45, 7) is 2.98. The number of esters is 1. The van der Waals surface area contributed by atoms with E-state index in [1.165, 1.54) is 0 Å². The fourth-order valence-corrected chi connectivity index (χ4v) is 2.73. The zero-order valence-electron chi connectivity index (χ0n) is 14.9. The summed E-state index contributed by atoms with van der Waals surface area (Å²) in [5.74, 6) is -0.273. The Kier molecular flexibility index (Phi) is 6.77. The SMILES string of the molecule is C[C@H]1CC(=O)O[C@@H]([C@H](COCc2ccccc2)OCc2ccccc2)O1. The van der Waals surface area contributed by atoms with Crippen LogP contribution in [0.3, 0.4) is 0 Å². The molecule has 26 heavy (non-hydrogen) atoms. The fourth-order valence-electron chi connectivity index (χ4n) is 2.73. The molecule has 1 fully saturated rings. The summed E-state index contributed by atoms with van der Waals surface area (Å²) in [4.78, 5) is 11.8. The number of ether oxygens (including phenoxy) is 4. The lowest BCUT2D eigenvalue weighted by atomic mass is 10.2. The number of carbonyl (C=O) groups is 1. The van der Waals surface area contributed by atoms with Gasteiger partial charge < -0.3 is 18.9 Å².